The van der Waals surface area contributed by atoms with Crippen LogP contribution in [0.25, 0.3) is 5.32 Å². The summed E-state index contributed by atoms with van der Waals surface area (Å²) in [5.74, 6) is -1.98. The Morgan fingerprint density at radius 3 is 2.64 bits per heavy atom. The van der Waals surface area contributed by atoms with Crippen molar-refractivity contribution in [2.75, 3.05) is 0 Å². The SMILES string of the molecule is NC(=O)C1C(=O)[N-]c2ccccc21.[Y+3]. The van der Waals surface area contributed by atoms with Crippen molar-refractivity contribution in [3.05, 3.63) is 35.1 Å². The zero-order valence-electron chi connectivity index (χ0n) is 7.31. The monoisotopic (exact) mass is 264 g/mol. The van der Waals surface area contributed by atoms with E-state index in [2.05, 4.69) is 5.32 Å². The van der Waals surface area contributed by atoms with E-state index >= 15 is 0 Å². The molecule has 1 heterocycles. The molecular formula is C9H7N2O2Y+2. The van der Waals surface area contributed by atoms with Crippen LogP contribution in [0.4, 0.5) is 5.69 Å². The number of hydrogen-bond donors (Lipinski definition) is 1. The first kappa shape index (κ1) is 11.3. The Morgan fingerprint density at radius 2 is 2.00 bits per heavy atom. The molecular weight excluding hydrogens is 257 g/mol. The number of hydrogen-bond acceptors (Lipinski definition) is 2. The summed E-state index contributed by atoms with van der Waals surface area (Å²) in [7, 11) is 0. The van der Waals surface area contributed by atoms with Gasteiger partial charge >= 0.3 is 32.7 Å². The van der Waals surface area contributed by atoms with Crippen LogP contribution >= 0.6 is 0 Å². The molecule has 1 aromatic carbocycles. The minimum atomic E-state index is -0.879. The van der Waals surface area contributed by atoms with Gasteiger partial charge in [-0.3, -0.25) is 4.79 Å². The minimum absolute atomic E-state index is 0. The van der Waals surface area contributed by atoms with E-state index in [1.807, 2.05) is 0 Å². The van der Waals surface area contributed by atoms with Gasteiger partial charge in [0, 0.05) is 0 Å². The first-order valence-electron chi connectivity index (χ1n) is 3.84. The third kappa shape index (κ3) is 1.72. The molecule has 0 radical (unpaired) electrons. The van der Waals surface area contributed by atoms with Gasteiger partial charge in [0.1, 0.15) is 5.92 Å². The molecule has 14 heavy (non-hydrogen) atoms. The standard InChI is InChI=1S/C9H8N2O2.Y/c10-8(12)7-5-3-1-2-4-6(5)11-9(7)13;/h1-4,7H,(H3,10,11,12,13);/q;+3/p-1. The summed E-state index contributed by atoms with van der Waals surface area (Å²) in [5, 5.41) is 3.72. The van der Waals surface area contributed by atoms with Crippen LogP contribution in [0.5, 0.6) is 0 Å². The van der Waals surface area contributed by atoms with E-state index in [1.165, 1.54) is 0 Å². The Balaban J connectivity index is 0.000000980. The van der Waals surface area contributed by atoms with Gasteiger partial charge in [-0.05, 0) is 5.56 Å². The molecule has 0 aromatic heterocycles. The van der Waals surface area contributed by atoms with Crippen LogP contribution in [-0.4, -0.2) is 11.8 Å². The summed E-state index contributed by atoms with van der Waals surface area (Å²) in [6.07, 6.45) is 0. The molecule has 1 aromatic rings. The maximum Gasteiger partial charge on any atom is 3.00 e. The van der Waals surface area contributed by atoms with Crippen molar-refractivity contribution in [2.24, 2.45) is 5.73 Å². The fraction of sp³-hybridized carbons (Fsp3) is 0.111. The van der Waals surface area contributed by atoms with Gasteiger partial charge in [0.15, 0.2) is 0 Å². The van der Waals surface area contributed by atoms with Gasteiger partial charge in [0.2, 0.25) is 5.91 Å². The number of primary amides is 1. The van der Waals surface area contributed by atoms with Gasteiger partial charge in [-0.15, -0.1) is 5.69 Å². The van der Waals surface area contributed by atoms with Crippen molar-refractivity contribution in [2.45, 2.75) is 5.92 Å². The Morgan fingerprint density at radius 1 is 1.36 bits per heavy atom. The zero-order chi connectivity index (χ0) is 9.42. The van der Waals surface area contributed by atoms with E-state index in [1.54, 1.807) is 24.3 Å². The average molecular weight is 264 g/mol. The Labute approximate surface area is 106 Å². The molecule has 1 unspecified atom stereocenters. The molecule has 2 N–H and O–H groups in total. The van der Waals surface area contributed by atoms with Gasteiger partial charge in [0.05, 0.1) is 5.91 Å². The van der Waals surface area contributed by atoms with Gasteiger partial charge in [-0.1, -0.05) is 24.3 Å². The number of nitrogens with two attached hydrogens (primary N) is 1. The largest absolute Gasteiger partial charge is 3.00 e. The fourth-order valence-corrected chi connectivity index (χ4v) is 1.42. The summed E-state index contributed by atoms with van der Waals surface area (Å²) < 4.78 is 0. The molecule has 4 nitrogen and oxygen atoms in total. The van der Waals surface area contributed by atoms with Crippen molar-refractivity contribution in [3.8, 4) is 0 Å². The van der Waals surface area contributed by atoms with Gasteiger partial charge in [0.25, 0.3) is 0 Å². The maximum absolute atomic E-state index is 11.2. The van der Waals surface area contributed by atoms with Crippen molar-refractivity contribution >= 4 is 17.5 Å². The van der Waals surface area contributed by atoms with E-state index < -0.39 is 17.7 Å². The number of fused-ring (bicyclic) bond motifs is 1. The second kappa shape index (κ2) is 4.19. The van der Waals surface area contributed by atoms with Crippen LogP contribution in [0.1, 0.15) is 11.5 Å². The normalized spacial score (nSPS) is 18.0. The summed E-state index contributed by atoms with van der Waals surface area (Å²) in [5.41, 5.74) is 6.25. The number of rotatable bonds is 1. The number of amides is 2. The van der Waals surface area contributed by atoms with E-state index in [4.69, 9.17) is 5.73 Å². The van der Waals surface area contributed by atoms with E-state index in [9.17, 15) is 9.59 Å². The van der Waals surface area contributed by atoms with Gasteiger partial charge in [-0.25, -0.2) is 0 Å². The summed E-state index contributed by atoms with van der Waals surface area (Å²) in [6.45, 7) is 0. The van der Waals surface area contributed by atoms with E-state index in [0.29, 0.717) is 11.3 Å². The minimum Gasteiger partial charge on any atom is -0.626 e. The van der Waals surface area contributed by atoms with Crippen molar-refractivity contribution < 1.29 is 42.3 Å². The Hall–Kier alpha value is -0.736. The van der Waals surface area contributed by atoms with Crippen LogP contribution < -0.4 is 5.73 Å². The van der Waals surface area contributed by atoms with E-state index in [-0.39, 0.29) is 32.7 Å². The zero-order valence-corrected chi connectivity index (χ0v) is 10.1. The number of carbonyl (C=O) groups excluding carboxylic acids is 2. The molecule has 2 amide bonds. The second-order valence-corrected chi connectivity index (χ2v) is 2.84. The first-order valence-corrected chi connectivity index (χ1v) is 3.84. The molecule has 1 aliphatic rings. The first-order chi connectivity index (χ1) is 6.20. The average Bonchev–Trinajstić information content (AvgIpc) is 2.39. The van der Waals surface area contributed by atoms with Gasteiger partial charge < -0.3 is 15.8 Å². The third-order valence-electron chi connectivity index (χ3n) is 2.01. The predicted octanol–water partition coefficient (Wildman–Crippen LogP) is 0.798. The number of benzene rings is 1. The maximum atomic E-state index is 11.2. The molecule has 1 aliphatic heterocycles. The van der Waals surface area contributed by atoms with Crippen LogP contribution in [0.15, 0.2) is 24.3 Å². The van der Waals surface area contributed by atoms with Crippen LogP contribution in [-0.2, 0) is 42.3 Å². The summed E-state index contributed by atoms with van der Waals surface area (Å²) in [6, 6.07) is 6.90. The fourth-order valence-electron chi connectivity index (χ4n) is 1.42. The molecule has 0 saturated carbocycles. The topological polar surface area (TPSA) is 74.3 Å². The smallest absolute Gasteiger partial charge is 0.626 e. The predicted molar refractivity (Wildman–Crippen MR) is 46.4 cm³/mol. The molecule has 1 atom stereocenters. The van der Waals surface area contributed by atoms with Crippen molar-refractivity contribution in [3.63, 3.8) is 0 Å². The number of carbonyl (C=O) groups is 2. The quantitative estimate of drug-likeness (QED) is 0.762. The summed E-state index contributed by atoms with van der Waals surface area (Å²) in [4.78, 5) is 22.1. The molecule has 0 aliphatic carbocycles. The van der Waals surface area contributed by atoms with Crippen LogP contribution in [0.2, 0.25) is 0 Å². The van der Waals surface area contributed by atoms with Crippen LogP contribution in [0, 0.1) is 0 Å². The van der Waals surface area contributed by atoms with Crippen molar-refractivity contribution in [1.29, 1.82) is 0 Å². The Kier molecular flexibility index (Phi) is 3.40. The van der Waals surface area contributed by atoms with Crippen LogP contribution in [0.3, 0.4) is 0 Å². The number of nitrogens with zero attached hydrogens (tertiary/aromatic N) is 1. The molecule has 66 valence electrons. The van der Waals surface area contributed by atoms with Gasteiger partial charge in [-0.2, -0.15) is 0 Å². The molecule has 0 spiro atoms. The Bertz CT molecular complexity index is 392. The number of para-hydroxylation sites is 1. The molecule has 0 fully saturated rings. The van der Waals surface area contributed by atoms with E-state index in [0.717, 1.165) is 0 Å². The molecule has 5 heteroatoms. The second-order valence-electron chi connectivity index (χ2n) is 2.84. The molecule has 0 saturated heterocycles. The summed E-state index contributed by atoms with van der Waals surface area (Å²) >= 11 is 0. The third-order valence-corrected chi connectivity index (χ3v) is 2.01. The molecule has 2 rings (SSSR count). The molecule has 0 bridgehead atoms. The van der Waals surface area contributed by atoms with Crippen molar-refractivity contribution in [1.82, 2.24) is 0 Å².